The molecule has 86 valence electrons. The SMILES string of the molecule is CNC1COCC1C(=O)Cc1ccccc1. The maximum Gasteiger partial charge on any atom is 0.144 e. The van der Waals surface area contributed by atoms with Crippen LogP contribution in [0, 0.1) is 5.92 Å². The summed E-state index contributed by atoms with van der Waals surface area (Å²) in [6.07, 6.45) is 0.507. The molecule has 0 radical (unpaired) electrons. The molecular weight excluding hydrogens is 202 g/mol. The highest BCUT2D eigenvalue weighted by atomic mass is 16.5. The van der Waals surface area contributed by atoms with E-state index in [4.69, 9.17) is 4.74 Å². The van der Waals surface area contributed by atoms with Crippen LogP contribution in [0.4, 0.5) is 0 Å². The second-order valence-electron chi connectivity index (χ2n) is 4.17. The van der Waals surface area contributed by atoms with Crippen molar-refractivity contribution < 1.29 is 9.53 Å². The molecule has 0 aliphatic carbocycles. The molecule has 3 heteroatoms. The van der Waals surface area contributed by atoms with E-state index in [1.807, 2.05) is 37.4 Å². The van der Waals surface area contributed by atoms with Gasteiger partial charge in [0.15, 0.2) is 0 Å². The largest absolute Gasteiger partial charge is 0.379 e. The van der Waals surface area contributed by atoms with Gasteiger partial charge in [-0.3, -0.25) is 4.79 Å². The van der Waals surface area contributed by atoms with Crippen LogP contribution in [0.2, 0.25) is 0 Å². The molecule has 1 aliphatic heterocycles. The normalized spacial score (nSPS) is 24.6. The standard InChI is InChI=1S/C13H17NO2/c1-14-12-9-16-8-11(12)13(15)7-10-5-3-2-4-6-10/h2-6,11-12,14H,7-9H2,1H3. The molecule has 0 saturated carbocycles. The minimum atomic E-state index is 0.00482. The Morgan fingerprint density at radius 2 is 2.12 bits per heavy atom. The Bertz CT molecular complexity index is 350. The molecule has 0 spiro atoms. The van der Waals surface area contributed by atoms with Gasteiger partial charge in [-0.05, 0) is 12.6 Å². The summed E-state index contributed by atoms with van der Waals surface area (Å²) in [5.74, 6) is 0.272. The third kappa shape index (κ3) is 2.49. The zero-order valence-electron chi connectivity index (χ0n) is 9.48. The van der Waals surface area contributed by atoms with Gasteiger partial charge in [0.2, 0.25) is 0 Å². The van der Waals surface area contributed by atoms with Crippen molar-refractivity contribution in [3.05, 3.63) is 35.9 Å². The molecule has 3 nitrogen and oxygen atoms in total. The fourth-order valence-corrected chi connectivity index (χ4v) is 2.08. The summed E-state index contributed by atoms with van der Waals surface area (Å²) in [5.41, 5.74) is 1.08. The van der Waals surface area contributed by atoms with E-state index in [9.17, 15) is 4.79 Å². The lowest BCUT2D eigenvalue weighted by atomic mass is 9.94. The molecule has 1 heterocycles. The zero-order valence-corrected chi connectivity index (χ0v) is 9.48. The summed E-state index contributed by atoms with van der Waals surface area (Å²) in [6.45, 7) is 1.19. The topological polar surface area (TPSA) is 38.3 Å². The molecule has 1 saturated heterocycles. The first kappa shape index (κ1) is 11.3. The summed E-state index contributed by atoms with van der Waals surface area (Å²) in [5, 5.41) is 3.13. The Morgan fingerprint density at radius 1 is 1.38 bits per heavy atom. The molecule has 1 N–H and O–H groups in total. The highest BCUT2D eigenvalue weighted by Gasteiger charge is 2.32. The van der Waals surface area contributed by atoms with Crippen LogP contribution in [0.15, 0.2) is 30.3 Å². The summed E-state index contributed by atoms with van der Waals surface area (Å²) < 4.78 is 5.34. The summed E-state index contributed by atoms with van der Waals surface area (Å²) in [6, 6.07) is 10.0. The molecule has 1 fully saturated rings. The first-order chi connectivity index (χ1) is 7.81. The Labute approximate surface area is 95.8 Å². The third-order valence-electron chi connectivity index (χ3n) is 3.09. The number of ketones is 1. The number of benzene rings is 1. The minimum absolute atomic E-state index is 0.00482. The number of Topliss-reactive ketones (excluding diaryl/α,β-unsaturated/α-hetero) is 1. The lowest BCUT2D eigenvalue weighted by Crippen LogP contribution is -2.37. The van der Waals surface area contributed by atoms with Gasteiger partial charge in [0.1, 0.15) is 5.78 Å². The van der Waals surface area contributed by atoms with E-state index in [2.05, 4.69) is 5.32 Å². The second-order valence-corrected chi connectivity index (χ2v) is 4.17. The highest BCUT2D eigenvalue weighted by Crippen LogP contribution is 2.16. The van der Waals surface area contributed by atoms with Gasteiger partial charge < -0.3 is 10.1 Å². The van der Waals surface area contributed by atoms with Crippen LogP contribution in [-0.4, -0.2) is 32.1 Å². The Balaban J connectivity index is 1.98. The number of carbonyl (C=O) groups excluding carboxylic acids is 1. The predicted molar refractivity (Wildman–Crippen MR) is 62.3 cm³/mol. The van der Waals surface area contributed by atoms with Gasteiger partial charge in [0, 0.05) is 12.5 Å². The second kappa shape index (κ2) is 5.23. The molecule has 1 aliphatic rings. The Hall–Kier alpha value is -1.19. The summed E-state index contributed by atoms with van der Waals surface area (Å²) in [4.78, 5) is 12.1. The average Bonchev–Trinajstić information content (AvgIpc) is 2.78. The Morgan fingerprint density at radius 3 is 2.81 bits per heavy atom. The summed E-state index contributed by atoms with van der Waals surface area (Å²) >= 11 is 0. The molecular formula is C13H17NO2. The van der Waals surface area contributed by atoms with E-state index in [-0.39, 0.29) is 17.7 Å². The van der Waals surface area contributed by atoms with Crippen LogP contribution < -0.4 is 5.32 Å². The molecule has 0 amide bonds. The predicted octanol–water partition coefficient (Wildman–Crippen LogP) is 1.03. The van der Waals surface area contributed by atoms with Gasteiger partial charge in [-0.15, -0.1) is 0 Å². The lowest BCUT2D eigenvalue weighted by Gasteiger charge is -2.15. The van der Waals surface area contributed by atoms with Crippen LogP contribution in [-0.2, 0) is 16.0 Å². The van der Waals surface area contributed by atoms with Gasteiger partial charge in [0.05, 0.1) is 19.1 Å². The van der Waals surface area contributed by atoms with Crippen molar-refractivity contribution in [2.75, 3.05) is 20.3 Å². The molecule has 1 aromatic carbocycles. The van der Waals surface area contributed by atoms with Gasteiger partial charge in [-0.2, -0.15) is 0 Å². The van der Waals surface area contributed by atoms with Crippen molar-refractivity contribution in [2.45, 2.75) is 12.5 Å². The maximum atomic E-state index is 12.1. The lowest BCUT2D eigenvalue weighted by molar-refractivity contribution is -0.122. The van der Waals surface area contributed by atoms with Crippen molar-refractivity contribution in [1.29, 1.82) is 0 Å². The van der Waals surface area contributed by atoms with Crippen molar-refractivity contribution in [1.82, 2.24) is 5.32 Å². The number of ether oxygens (including phenoxy) is 1. The van der Waals surface area contributed by atoms with E-state index in [0.29, 0.717) is 19.6 Å². The van der Waals surface area contributed by atoms with Crippen molar-refractivity contribution in [3.8, 4) is 0 Å². The van der Waals surface area contributed by atoms with Gasteiger partial charge >= 0.3 is 0 Å². The van der Waals surface area contributed by atoms with Crippen molar-refractivity contribution >= 4 is 5.78 Å². The molecule has 2 atom stereocenters. The van der Waals surface area contributed by atoms with Crippen LogP contribution in [0.1, 0.15) is 5.56 Å². The van der Waals surface area contributed by atoms with Crippen LogP contribution in [0.25, 0.3) is 0 Å². The molecule has 16 heavy (non-hydrogen) atoms. The number of hydrogen-bond acceptors (Lipinski definition) is 3. The first-order valence-electron chi connectivity index (χ1n) is 5.63. The number of hydrogen-bond donors (Lipinski definition) is 1. The molecule has 0 bridgehead atoms. The minimum Gasteiger partial charge on any atom is -0.379 e. The van der Waals surface area contributed by atoms with E-state index in [1.54, 1.807) is 0 Å². The Kier molecular flexibility index (Phi) is 3.70. The fraction of sp³-hybridized carbons (Fsp3) is 0.462. The molecule has 2 rings (SSSR count). The van der Waals surface area contributed by atoms with Crippen LogP contribution in [0.3, 0.4) is 0 Å². The summed E-state index contributed by atoms with van der Waals surface area (Å²) in [7, 11) is 1.88. The highest BCUT2D eigenvalue weighted by molar-refractivity contribution is 5.84. The smallest absolute Gasteiger partial charge is 0.144 e. The van der Waals surface area contributed by atoms with E-state index >= 15 is 0 Å². The van der Waals surface area contributed by atoms with Gasteiger partial charge in [0.25, 0.3) is 0 Å². The van der Waals surface area contributed by atoms with Gasteiger partial charge in [-0.25, -0.2) is 0 Å². The van der Waals surface area contributed by atoms with Gasteiger partial charge in [-0.1, -0.05) is 30.3 Å². The number of carbonyl (C=O) groups is 1. The molecule has 2 unspecified atom stereocenters. The van der Waals surface area contributed by atoms with Crippen LogP contribution >= 0.6 is 0 Å². The van der Waals surface area contributed by atoms with E-state index in [0.717, 1.165) is 5.56 Å². The zero-order chi connectivity index (χ0) is 11.4. The van der Waals surface area contributed by atoms with Crippen molar-refractivity contribution in [3.63, 3.8) is 0 Å². The number of nitrogens with one attached hydrogen (secondary N) is 1. The number of likely N-dealkylation sites (N-methyl/N-ethyl adjacent to an activating group) is 1. The van der Waals surface area contributed by atoms with Crippen molar-refractivity contribution in [2.24, 2.45) is 5.92 Å². The third-order valence-corrected chi connectivity index (χ3v) is 3.09. The molecule has 0 aromatic heterocycles. The van der Waals surface area contributed by atoms with Crippen LogP contribution in [0.5, 0.6) is 0 Å². The average molecular weight is 219 g/mol. The fourth-order valence-electron chi connectivity index (χ4n) is 2.08. The maximum absolute atomic E-state index is 12.1. The van der Waals surface area contributed by atoms with E-state index in [1.165, 1.54) is 0 Å². The number of rotatable bonds is 4. The first-order valence-corrected chi connectivity index (χ1v) is 5.63. The monoisotopic (exact) mass is 219 g/mol. The van der Waals surface area contributed by atoms with E-state index < -0.39 is 0 Å². The quantitative estimate of drug-likeness (QED) is 0.822. The molecule has 1 aromatic rings.